The minimum atomic E-state index is -0.576. The fraction of sp³-hybridized carbons (Fsp3) is 0.125. The van der Waals surface area contributed by atoms with Gasteiger partial charge in [0.05, 0.1) is 19.0 Å². The first kappa shape index (κ1) is 22.5. The largest absolute Gasteiger partial charge is 0.495 e. The third-order valence-corrected chi connectivity index (χ3v) is 4.36. The van der Waals surface area contributed by atoms with Crippen LogP contribution in [0.4, 0.5) is 10.1 Å². The lowest BCUT2D eigenvalue weighted by molar-refractivity contribution is -0.111. The first-order valence-corrected chi connectivity index (χ1v) is 9.63. The molecule has 3 aromatic rings. The van der Waals surface area contributed by atoms with E-state index in [1.807, 2.05) is 0 Å². The van der Waals surface area contributed by atoms with Crippen LogP contribution in [0.1, 0.15) is 15.9 Å². The van der Waals surface area contributed by atoms with Gasteiger partial charge >= 0.3 is 0 Å². The molecule has 0 aliphatic heterocycles. The third-order valence-electron chi connectivity index (χ3n) is 4.36. The second kappa shape index (κ2) is 10.2. The molecule has 3 rings (SSSR count). The Morgan fingerprint density at radius 1 is 1.09 bits per heavy atom. The maximum absolute atomic E-state index is 14.4. The first-order chi connectivity index (χ1) is 15.4. The Morgan fingerprint density at radius 3 is 2.53 bits per heavy atom. The van der Waals surface area contributed by atoms with E-state index in [-0.39, 0.29) is 11.7 Å². The van der Waals surface area contributed by atoms with E-state index in [4.69, 9.17) is 9.47 Å². The summed E-state index contributed by atoms with van der Waals surface area (Å²) in [5.41, 5.74) is 1.22. The van der Waals surface area contributed by atoms with Crippen molar-refractivity contribution in [2.45, 2.75) is 0 Å². The molecule has 0 saturated heterocycles. The van der Waals surface area contributed by atoms with Gasteiger partial charge in [0.25, 0.3) is 5.91 Å². The SMILES string of the molecule is COc1ccc(C(=O)N(C)C)cc1NC(=O)/C=C/c1ccc(Oc2cccnc2)c(F)c1. The number of carbonyl (C=O) groups excluding carboxylic acids is 2. The summed E-state index contributed by atoms with van der Waals surface area (Å²) in [5.74, 6) is -0.376. The van der Waals surface area contributed by atoms with Crippen LogP contribution in [-0.4, -0.2) is 42.9 Å². The van der Waals surface area contributed by atoms with Gasteiger partial charge in [0, 0.05) is 31.9 Å². The van der Waals surface area contributed by atoms with Gasteiger partial charge in [-0.25, -0.2) is 4.39 Å². The number of ether oxygens (including phenoxy) is 2. The lowest BCUT2D eigenvalue weighted by Gasteiger charge is -2.14. The summed E-state index contributed by atoms with van der Waals surface area (Å²) in [6.45, 7) is 0. The molecule has 0 saturated carbocycles. The molecule has 32 heavy (non-hydrogen) atoms. The monoisotopic (exact) mass is 435 g/mol. The van der Waals surface area contributed by atoms with Crippen LogP contribution in [0, 0.1) is 5.82 Å². The Labute approximate surface area is 185 Å². The fourth-order valence-electron chi connectivity index (χ4n) is 2.78. The number of methoxy groups -OCH3 is 1. The highest BCUT2D eigenvalue weighted by Gasteiger charge is 2.13. The van der Waals surface area contributed by atoms with E-state index in [0.717, 1.165) is 0 Å². The van der Waals surface area contributed by atoms with Crippen molar-refractivity contribution in [2.75, 3.05) is 26.5 Å². The molecule has 2 aromatic carbocycles. The van der Waals surface area contributed by atoms with Crippen LogP contribution in [-0.2, 0) is 4.79 Å². The van der Waals surface area contributed by atoms with Gasteiger partial charge < -0.3 is 19.7 Å². The number of aromatic nitrogens is 1. The summed E-state index contributed by atoms with van der Waals surface area (Å²) in [6, 6.07) is 12.5. The maximum atomic E-state index is 14.4. The van der Waals surface area contributed by atoms with Crippen molar-refractivity contribution < 1.29 is 23.5 Å². The van der Waals surface area contributed by atoms with Gasteiger partial charge in [-0.05, 0) is 54.1 Å². The van der Waals surface area contributed by atoms with Crippen molar-refractivity contribution in [1.82, 2.24) is 9.88 Å². The normalized spacial score (nSPS) is 10.6. The summed E-state index contributed by atoms with van der Waals surface area (Å²) in [4.78, 5) is 29.9. The number of benzene rings is 2. The number of amides is 2. The number of anilines is 1. The average Bonchev–Trinajstić information content (AvgIpc) is 2.79. The molecule has 0 bridgehead atoms. The van der Waals surface area contributed by atoms with Crippen molar-refractivity contribution in [1.29, 1.82) is 0 Å². The van der Waals surface area contributed by atoms with E-state index in [9.17, 15) is 14.0 Å². The van der Waals surface area contributed by atoms with Gasteiger partial charge in [-0.3, -0.25) is 14.6 Å². The van der Waals surface area contributed by atoms with Crippen molar-refractivity contribution in [2.24, 2.45) is 0 Å². The number of nitrogens with zero attached hydrogens (tertiary/aromatic N) is 2. The van der Waals surface area contributed by atoms with Gasteiger partial charge in [-0.15, -0.1) is 0 Å². The van der Waals surface area contributed by atoms with E-state index in [0.29, 0.717) is 28.3 Å². The summed E-state index contributed by atoms with van der Waals surface area (Å²) in [7, 11) is 4.74. The van der Waals surface area contributed by atoms with Gasteiger partial charge in [0.1, 0.15) is 11.5 Å². The van der Waals surface area contributed by atoms with E-state index >= 15 is 0 Å². The minimum Gasteiger partial charge on any atom is -0.495 e. The Hall–Kier alpha value is -4.20. The zero-order chi connectivity index (χ0) is 23.1. The number of pyridine rings is 1. The molecule has 1 N–H and O–H groups in total. The summed E-state index contributed by atoms with van der Waals surface area (Å²) >= 11 is 0. The maximum Gasteiger partial charge on any atom is 0.253 e. The zero-order valence-corrected chi connectivity index (χ0v) is 17.8. The van der Waals surface area contributed by atoms with E-state index in [1.54, 1.807) is 50.6 Å². The minimum absolute atomic E-state index is 0.0479. The second-order valence-corrected chi connectivity index (χ2v) is 6.92. The molecule has 7 nitrogen and oxygen atoms in total. The Kier molecular flexibility index (Phi) is 7.17. The Bertz CT molecular complexity index is 1150. The highest BCUT2D eigenvalue weighted by molar-refractivity contribution is 6.04. The first-order valence-electron chi connectivity index (χ1n) is 9.63. The van der Waals surface area contributed by atoms with Crippen LogP contribution in [0.2, 0.25) is 0 Å². The van der Waals surface area contributed by atoms with Crippen molar-refractivity contribution >= 4 is 23.6 Å². The molecule has 2 amide bonds. The summed E-state index contributed by atoms with van der Waals surface area (Å²) in [6.07, 6.45) is 5.80. The molecule has 0 aliphatic rings. The number of halogens is 1. The van der Waals surface area contributed by atoms with E-state index < -0.39 is 11.7 Å². The van der Waals surface area contributed by atoms with Crippen molar-refractivity contribution in [3.8, 4) is 17.2 Å². The van der Waals surface area contributed by atoms with Gasteiger partial charge in [0.15, 0.2) is 11.6 Å². The molecule has 1 aromatic heterocycles. The predicted molar refractivity (Wildman–Crippen MR) is 119 cm³/mol. The Balaban J connectivity index is 1.71. The second-order valence-electron chi connectivity index (χ2n) is 6.92. The average molecular weight is 435 g/mol. The van der Waals surface area contributed by atoms with Crippen LogP contribution in [0.15, 0.2) is 67.0 Å². The number of nitrogens with one attached hydrogen (secondary N) is 1. The molecular weight excluding hydrogens is 413 g/mol. The third kappa shape index (κ3) is 5.69. The number of rotatable bonds is 7. The number of hydrogen-bond donors (Lipinski definition) is 1. The standard InChI is InChI=1S/C24H22FN3O4/c1-28(2)24(30)17-8-10-22(31-3)20(14-17)27-23(29)11-7-16-6-9-21(19(25)13-16)32-18-5-4-12-26-15-18/h4-15H,1-3H3,(H,27,29)/b11-7+. The van der Waals surface area contributed by atoms with Crippen LogP contribution in [0.3, 0.4) is 0 Å². The molecule has 1 heterocycles. The molecule has 0 unspecified atom stereocenters. The lowest BCUT2D eigenvalue weighted by Crippen LogP contribution is -2.22. The lowest BCUT2D eigenvalue weighted by atomic mass is 10.1. The topological polar surface area (TPSA) is 80.8 Å². The van der Waals surface area contributed by atoms with Crippen molar-refractivity contribution in [3.63, 3.8) is 0 Å². The highest BCUT2D eigenvalue weighted by Crippen LogP contribution is 2.27. The number of carbonyl (C=O) groups is 2. The van der Waals surface area contributed by atoms with Crippen molar-refractivity contribution in [3.05, 3.63) is 83.9 Å². The molecule has 8 heteroatoms. The van der Waals surface area contributed by atoms with E-state index in [1.165, 1.54) is 48.6 Å². The molecular formula is C24H22FN3O4. The smallest absolute Gasteiger partial charge is 0.253 e. The number of hydrogen-bond acceptors (Lipinski definition) is 5. The molecule has 0 spiro atoms. The zero-order valence-electron chi connectivity index (χ0n) is 17.8. The Morgan fingerprint density at radius 2 is 1.88 bits per heavy atom. The van der Waals surface area contributed by atoms with Crippen LogP contribution in [0.25, 0.3) is 6.08 Å². The summed E-state index contributed by atoms with van der Waals surface area (Å²) < 4.78 is 25.1. The molecule has 0 radical (unpaired) electrons. The highest BCUT2D eigenvalue weighted by atomic mass is 19.1. The van der Waals surface area contributed by atoms with Gasteiger partial charge in [0.2, 0.25) is 5.91 Å². The van der Waals surface area contributed by atoms with E-state index in [2.05, 4.69) is 10.3 Å². The van der Waals surface area contributed by atoms with Crippen LogP contribution < -0.4 is 14.8 Å². The molecule has 0 atom stereocenters. The fourth-order valence-corrected chi connectivity index (χ4v) is 2.78. The van der Waals surface area contributed by atoms with Crippen LogP contribution in [0.5, 0.6) is 17.2 Å². The summed E-state index contributed by atoms with van der Waals surface area (Å²) in [5, 5.41) is 2.68. The molecule has 164 valence electrons. The van der Waals surface area contributed by atoms with Gasteiger partial charge in [-0.2, -0.15) is 0 Å². The molecule has 0 fully saturated rings. The predicted octanol–water partition coefficient (Wildman–Crippen LogP) is 4.38. The van der Waals surface area contributed by atoms with Gasteiger partial charge in [-0.1, -0.05) is 6.07 Å². The quantitative estimate of drug-likeness (QED) is 0.557. The van der Waals surface area contributed by atoms with Crippen LogP contribution >= 0.6 is 0 Å². The molecule has 0 aliphatic carbocycles.